The van der Waals surface area contributed by atoms with E-state index in [0.29, 0.717) is 0 Å². The minimum absolute atomic E-state index is 0.0221. The minimum atomic E-state index is -3.72. The number of halogens is 1. The summed E-state index contributed by atoms with van der Waals surface area (Å²) in [6, 6.07) is 14.9. The number of aliphatic hydroxyl groups is 1. The molecule has 0 spiro atoms. The van der Waals surface area contributed by atoms with Crippen molar-refractivity contribution in [2.24, 2.45) is 0 Å². The third kappa shape index (κ3) is 4.37. The zero-order chi connectivity index (χ0) is 16.0. The number of sulfonamides is 1. The summed E-state index contributed by atoms with van der Waals surface area (Å²) >= 11 is 0. The van der Waals surface area contributed by atoms with Gasteiger partial charge in [0.25, 0.3) is 0 Å². The zero-order valence-corrected chi connectivity index (χ0v) is 12.8. The first-order chi connectivity index (χ1) is 10.5. The predicted molar refractivity (Wildman–Crippen MR) is 83.0 cm³/mol. The van der Waals surface area contributed by atoms with E-state index < -0.39 is 21.6 Å². The van der Waals surface area contributed by atoms with Gasteiger partial charge < -0.3 is 5.11 Å². The van der Waals surface area contributed by atoms with Gasteiger partial charge in [0.2, 0.25) is 10.0 Å². The van der Waals surface area contributed by atoms with E-state index in [2.05, 4.69) is 0 Å². The van der Waals surface area contributed by atoms with Crippen LogP contribution in [0, 0.1) is 5.82 Å². The summed E-state index contributed by atoms with van der Waals surface area (Å²) in [4.78, 5) is 0. The van der Waals surface area contributed by atoms with E-state index in [1.165, 1.54) is 22.5 Å². The number of aliphatic hydroxyl groups excluding tert-OH is 1. The summed E-state index contributed by atoms with van der Waals surface area (Å²) in [5.74, 6) is -0.971. The number of rotatable bonds is 7. The van der Waals surface area contributed by atoms with Gasteiger partial charge in [0.15, 0.2) is 0 Å². The summed E-state index contributed by atoms with van der Waals surface area (Å²) in [7, 11) is -3.72. The maximum absolute atomic E-state index is 13.7. The number of benzene rings is 2. The van der Waals surface area contributed by atoms with Gasteiger partial charge in [-0.2, -0.15) is 4.31 Å². The molecule has 0 atom stereocenters. The summed E-state index contributed by atoms with van der Waals surface area (Å²) in [6.07, 6.45) is 0. The monoisotopic (exact) mass is 323 g/mol. The molecule has 2 rings (SSSR count). The Bertz CT molecular complexity index is 704. The highest BCUT2D eigenvalue weighted by atomic mass is 32.2. The second-order valence-corrected chi connectivity index (χ2v) is 6.86. The molecule has 118 valence electrons. The third-order valence-electron chi connectivity index (χ3n) is 3.24. The van der Waals surface area contributed by atoms with E-state index >= 15 is 0 Å². The van der Waals surface area contributed by atoms with E-state index in [4.69, 9.17) is 5.11 Å². The molecule has 6 heteroatoms. The van der Waals surface area contributed by atoms with Crippen LogP contribution >= 0.6 is 0 Å². The first-order valence-corrected chi connectivity index (χ1v) is 8.50. The fourth-order valence-corrected chi connectivity index (χ4v) is 3.63. The quantitative estimate of drug-likeness (QED) is 0.849. The lowest BCUT2D eigenvalue weighted by molar-refractivity contribution is 0.251. The third-order valence-corrected chi connectivity index (χ3v) is 5.01. The largest absolute Gasteiger partial charge is 0.395 e. The van der Waals surface area contributed by atoms with Gasteiger partial charge >= 0.3 is 0 Å². The molecule has 0 saturated heterocycles. The summed E-state index contributed by atoms with van der Waals surface area (Å²) in [6.45, 7) is -0.160. The molecule has 4 nitrogen and oxygen atoms in total. The Balaban J connectivity index is 2.21. The average molecular weight is 323 g/mol. The Kier molecular flexibility index (Phi) is 5.65. The molecular weight excluding hydrogens is 305 g/mol. The second-order valence-electron chi connectivity index (χ2n) is 4.89. The van der Waals surface area contributed by atoms with Crippen molar-refractivity contribution in [1.82, 2.24) is 4.31 Å². The van der Waals surface area contributed by atoms with Crippen molar-refractivity contribution in [3.05, 3.63) is 71.5 Å². The SMILES string of the molecule is O=S(=O)(Cc1ccccc1F)N(CCO)Cc1ccccc1. The standard InChI is InChI=1S/C16H18FNO3S/c17-16-9-5-4-8-15(16)13-22(20,21)18(10-11-19)12-14-6-2-1-3-7-14/h1-9,19H,10-13H2. The molecule has 0 heterocycles. The van der Waals surface area contributed by atoms with Crippen molar-refractivity contribution < 1.29 is 17.9 Å². The molecule has 0 aliphatic rings. The second kappa shape index (κ2) is 7.49. The van der Waals surface area contributed by atoms with Crippen LogP contribution in [0.5, 0.6) is 0 Å². The van der Waals surface area contributed by atoms with Crippen LogP contribution < -0.4 is 0 Å². The molecule has 0 aromatic heterocycles. The van der Waals surface area contributed by atoms with Gasteiger partial charge in [-0.3, -0.25) is 0 Å². The molecule has 2 aromatic carbocycles. The fraction of sp³-hybridized carbons (Fsp3) is 0.250. The number of hydrogen-bond acceptors (Lipinski definition) is 3. The zero-order valence-electron chi connectivity index (χ0n) is 12.0. The predicted octanol–water partition coefficient (Wildman–Crippen LogP) is 2.15. The van der Waals surface area contributed by atoms with Crippen molar-refractivity contribution in [2.75, 3.05) is 13.2 Å². The van der Waals surface area contributed by atoms with Crippen LogP contribution in [-0.4, -0.2) is 31.0 Å². The van der Waals surface area contributed by atoms with Crippen LogP contribution in [0.1, 0.15) is 11.1 Å². The van der Waals surface area contributed by atoms with E-state index in [-0.39, 0.29) is 25.3 Å². The van der Waals surface area contributed by atoms with E-state index in [0.717, 1.165) is 5.56 Å². The lowest BCUT2D eigenvalue weighted by Gasteiger charge is -2.21. The molecule has 0 saturated carbocycles. The molecule has 1 N–H and O–H groups in total. The Morgan fingerprint density at radius 3 is 2.27 bits per heavy atom. The Morgan fingerprint density at radius 1 is 1.00 bits per heavy atom. The maximum atomic E-state index is 13.7. The lowest BCUT2D eigenvalue weighted by Crippen LogP contribution is -2.34. The summed E-state index contributed by atoms with van der Waals surface area (Å²) < 4.78 is 39.8. The van der Waals surface area contributed by atoms with Gasteiger partial charge in [0.05, 0.1) is 12.4 Å². The van der Waals surface area contributed by atoms with Gasteiger partial charge in [-0.25, -0.2) is 12.8 Å². The van der Waals surface area contributed by atoms with Crippen LogP contribution in [0.4, 0.5) is 4.39 Å². The topological polar surface area (TPSA) is 57.6 Å². The molecule has 22 heavy (non-hydrogen) atoms. The van der Waals surface area contributed by atoms with Crippen molar-refractivity contribution in [3.8, 4) is 0 Å². The van der Waals surface area contributed by atoms with E-state index in [9.17, 15) is 12.8 Å². The van der Waals surface area contributed by atoms with Crippen LogP contribution in [0.2, 0.25) is 0 Å². The summed E-state index contributed by atoms with van der Waals surface area (Å²) in [5, 5.41) is 9.12. The van der Waals surface area contributed by atoms with Gasteiger partial charge in [-0.15, -0.1) is 0 Å². The Morgan fingerprint density at radius 2 is 1.64 bits per heavy atom. The average Bonchev–Trinajstić information content (AvgIpc) is 2.50. The van der Waals surface area contributed by atoms with Crippen molar-refractivity contribution in [1.29, 1.82) is 0 Å². The smallest absolute Gasteiger partial charge is 0.218 e. The molecular formula is C16H18FNO3S. The summed E-state index contributed by atoms with van der Waals surface area (Å²) in [5.41, 5.74) is 0.937. The molecule has 2 aromatic rings. The normalized spacial score (nSPS) is 11.8. The first-order valence-electron chi connectivity index (χ1n) is 6.89. The van der Waals surface area contributed by atoms with Crippen LogP contribution in [0.25, 0.3) is 0 Å². The van der Waals surface area contributed by atoms with Crippen LogP contribution in [-0.2, 0) is 22.3 Å². The van der Waals surface area contributed by atoms with Gasteiger partial charge in [0, 0.05) is 18.7 Å². The molecule has 0 bridgehead atoms. The van der Waals surface area contributed by atoms with Crippen molar-refractivity contribution in [3.63, 3.8) is 0 Å². The van der Waals surface area contributed by atoms with Crippen molar-refractivity contribution in [2.45, 2.75) is 12.3 Å². The molecule has 0 radical (unpaired) electrons. The molecule has 0 amide bonds. The fourth-order valence-electron chi connectivity index (χ4n) is 2.12. The number of hydrogen-bond donors (Lipinski definition) is 1. The van der Waals surface area contributed by atoms with Gasteiger partial charge in [0.1, 0.15) is 5.82 Å². The molecule has 0 unspecified atom stereocenters. The van der Waals surface area contributed by atoms with Crippen LogP contribution in [0.3, 0.4) is 0 Å². The Hall–Kier alpha value is -1.76. The van der Waals surface area contributed by atoms with Crippen LogP contribution in [0.15, 0.2) is 54.6 Å². The molecule has 0 aliphatic heterocycles. The first kappa shape index (κ1) is 16.6. The minimum Gasteiger partial charge on any atom is -0.395 e. The highest BCUT2D eigenvalue weighted by Crippen LogP contribution is 2.16. The van der Waals surface area contributed by atoms with Gasteiger partial charge in [-0.1, -0.05) is 48.5 Å². The molecule has 0 fully saturated rings. The van der Waals surface area contributed by atoms with E-state index in [1.54, 1.807) is 6.07 Å². The highest BCUT2D eigenvalue weighted by Gasteiger charge is 2.23. The Labute approximate surface area is 129 Å². The highest BCUT2D eigenvalue weighted by molar-refractivity contribution is 7.88. The number of nitrogens with zero attached hydrogens (tertiary/aromatic N) is 1. The molecule has 0 aliphatic carbocycles. The van der Waals surface area contributed by atoms with Gasteiger partial charge in [-0.05, 0) is 11.6 Å². The van der Waals surface area contributed by atoms with E-state index in [1.807, 2.05) is 30.3 Å². The maximum Gasteiger partial charge on any atom is 0.218 e. The lowest BCUT2D eigenvalue weighted by atomic mass is 10.2. The van der Waals surface area contributed by atoms with Crippen molar-refractivity contribution >= 4 is 10.0 Å².